The minimum absolute atomic E-state index is 0.0656. The fraction of sp³-hybridized carbons (Fsp3) is 0.600. The SMILES string of the molecule is COC(=O)C1=C(OC)C(C(=O)OC)C2(C)C(C(=O)OC)=C(OC)C(C(=O)OC)C12C. The number of hydrogen-bond acceptors (Lipinski definition) is 10. The van der Waals surface area contributed by atoms with Gasteiger partial charge in [0.1, 0.15) is 23.4 Å². The van der Waals surface area contributed by atoms with Crippen LogP contribution in [0, 0.1) is 22.7 Å². The minimum atomic E-state index is -1.52. The van der Waals surface area contributed by atoms with Crippen LogP contribution in [-0.2, 0) is 47.6 Å². The third kappa shape index (κ3) is 2.62. The Morgan fingerprint density at radius 3 is 1.10 bits per heavy atom. The van der Waals surface area contributed by atoms with Crippen molar-refractivity contribution in [2.24, 2.45) is 22.7 Å². The van der Waals surface area contributed by atoms with Crippen LogP contribution in [0.1, 0.15) is 13.8 Å². The monoisotopic (exact) mass is 426 g/mol. The van der Waals surface area contributed by atoms with Gasteiger partial charge < -0.3 is 28.4 Å². The lowest BCUT2D eigenvalue weighted by Crippen LogP contribution is -2.48. The highest BCUT2D eigenvalue weighted by Gasteiger charge is 2.76. The number of carbonyl (C=O) groups is 4. The fourth-order valence-electron chi connectivity index (χ4n) is 4.92. The van der Waals surface area contributed by atoms with E-state index < -0.39 is 46.5 Å². The van der Waals surface area contributed by atoms with Crippen molar-refractivity contribution in [2.75, 3.05) is 42.7 Å². The Morgan fingerprint density at radius 1 is 0.600 bits per heavy atom. The maximum Gasteiger partial charge on any atom is 0.337 e. The van der Waals surface area contributed by atoms with E-state index >= 15 is 0 Å². The molecule has 2 aliphatic rings. The molecule has 0 radical (unpaired) electrons. The molecule has 10 heteroatoms. The third-order valence-corrected chi connectivity index (χ3v) is 6.38. The van der Waals surface area contributed by atoms with Gasteiger partial charge in [0.2, 0.25) is 0 Å². The second-order valence-corrected chi connectivity index (χ2v) is 7.19. The molecule has 0 aliphatic heterocycles. The van der Waals surface area contributed by atoms with Gasteiger partial charge in [-0.15, -0.1) is 0 Å². The van der Waals surface area contributed by atoms with Crippen molar-refractivity contribution in [3.63, 3.8) is 0 Å². The zero-order chi connectivity index (χ0) is 23.0. The molecule has 0 fully saturated rings. The summed E-state index contributed by atoms with van der Waals surface area (Å²) in [5, 5.41) is 0. The first kappa shape index (κ1) is 23.2. The first-order chi connectivity index (χ1) is 14.1. The number of methoxy groups -OCH3 is 6. The summed E-state index contributed by atoms with van der Waals surface area (Å²) in [4.78, 5) is 51.6. The topological polar surface area (TPSA) is 124 Å². The molecule has 0 heterocycles. The first-order valence-corrected chi connectivity index (χ1v) is 8.97. The van der Waals surface area contributed by atoms with E-state index in [-0.39, 0.29) is 22.7 Å². The van der Waals surface area contributed by atoms with Crippen molar-refractivity contribution >= 4 is 23.9 Å². The smallest absolute Gasteiger partial charge is 0.337 e. The van der Waals surface area contributed by atoms with Crippen molar-refractivity contribution in [1.82, 2.24) is 0 Å². The zero-order valence-corrected chi connectivity index (χ0v) is 18.2. The predicted molar refractivity (Wildman–Crippen MR) is 99.3 cm³/mol. The Morgan fingerprint density at radius 2 is 0.900 bits per heavy atom. The number of hydrogen-bond donors (Lipinski definition) is 0. The summed E-state index contributed by atoms with van der Waals surface area (Å²) < 4.78 is 30.7. The van der Waals surface area contributed by atoms with E-state index in [0.29, 0.717) is 0 Å². The van der Waals surface area contributed by atoms with Crippen LogP contribution in [0.4, 0.5) is 0 Å². The fourth-order valence-corrected chi connectivity index (χ4v) is 4.92. The summed E-state index contributed by atoms with van der Waals surface area (Å²) in [6, 6.07) is 0. The number of rotatable bonds is 6. The number of esters is 4. The lowest BCUT2D eigenvalue weighted by Gasteiger charge is -2.41. The minimum Gasteiger partial charge on any atom is -0.500 e. The molecule has 0 saturated carbocycles. The van der Waals surface area contributed by atoms with E-state index in [1.165, 1.54) is 14.2 Å². The van der Waals surface area contributed by atoms with Gasteiger partial charge in [0, 0.05) is 10.8 Å². The van der Waals surface area contributed by atoms with Gasteiger partial charge in [-0.3, -0.25) is 9.59 Å². The van der Waals surface area contributed by atoms with E-state index in [9.17, 15) is 19.2 Å². The van der Waals surface area contributed by atoms with Gasteiger partial charge in [-0.05, 0) is 0 Å². The van der Waals surface area contributed by atoms with Crippen LogP contribution in [0.25, 0.3) is 0 Å². The van der Waals surface area contributed by atoms with E-state index in [4.69, 9.17) is 28.4 Å². The van der Waals surface area contributed by atoms with Crippen molar-refractivity contribution < 1.29 is 47.6 Å². The van der Waals surface area contributed by atoms with Crippen LogP contribution >= 0.6 is 0 Å². The molecule has 0 N–H and O–H groups in total. The Labute approximate surface area is 174 Å². The Kier molecular flexibility index (Phi) is 6.20. The second kappa shape index (κ2) is 8.00. The Hall–Kier alpha value is -3.04. The largest absolute Gasteiger partial charge is 0.500 e. The van der Waals surface area contributed by atoms with Gasteiger partial charge in [-0.1, -0.05) is 13.8 Å². The maximum absolute atomic E-state index is 12.9. The molecule has 166 valence electrons. The number of carbonyl (C=O) groups excluding carboxylic acids is 4. The van der Waals surface area contributed by atoms with Crippen LogP contribution in [0.5, 0.6) is 0 Å². The molecule has 0 aromatic rings. The molecular weight excluding hydrogens is 400 g/mol. The highest BCUT2D eigenvalue weighted by Crippen LogP contribution is 2.72. The average molecular weight is 426 g/mol. The summed E-state index contributed by atoms with van der Waals surface area (Å²) >= 11 is 0. The molecule has 0 saturated heterocycles. The van der Waals surface area contributed by atoms with Crippen LogP contribution in [0.15, 0.2) is 22.7 Å². The van der Waals surface area contributed by atoms with Gasteiger partial charge >= 0.3 is 23.9 Å². The van der Waals surface area contributed by atoms with Crippen LogP contribution in [-0.4, -0.2) is 66.5 Å². The molecule has 0 bridgehead atoms. The third-order valence-electron chi connectivity index (χ3n) is 6.38. The van der Waals surface area contributed by atoms with Gasteiger partial charge in [-0.2, -0.15) is 0 Å². The molecule has 0 amide bonds. The van der Waals surface area contributed by atoms with Gasteiger partial charge in [0.15, 0.2) is 0 Å². The molecule has 4 atom stereocenters. The molecule has 30 heavy (non-hydrogen) atoms. The van der Waals surface area contributed by atoms with Crippen molar-refractivity contribution in [3.8, 4) is 0 Å². The molecule has 0 aromatic carbocycles. The second-order valence-electron chi connectivity index (χ2n) is 7.19. The van der Waals surface area contributed by atoms with E-state index in [1.807, 2.05) is 0 Å². The quantitative estimate of drug-likeness (QED) is 0.444. The summed E-state index contributed by atoms with van der Waals surface area (Å²) in [6.07, 6.45) is 0. The first-order valence-electron chi connectivity index (χ1n) is 8.97. The van der Waals surface area contributed by atoms with E-state index in [2.05, 4.69) is 0 Å². The van der Waals surface area contributed by atoms with Crippen LogP contribution in [0.3, 0.4) is 0 Å². The van der Waals surface area contributed by atoms with Crippen molar-refractivity contribution in [1.29, 1.82) is 0 Å². The van der Waals surface area contributed by atoms with Crippen molar-refractivity contribution in [3.05, 3.63) is 22.7 Å². The summed E-state index contributed by atoms with van der Waals surface area (Å²) in [5.74, 6) is -5.87. The van der Waals surface area contributed by atoms with Crippen LogP contribution in [0.2, 0.25) is 0 Å². The highest BCUT2D eigenvalue weighted by molar-refractivity contribution is 6.03. The number of fused-ring (bicyclic) bond motifs is 1. The lowest BCUT2D eigenvalue weighted by atomic mass is 9.58. The molecule has 2 rings (SSSR count). The normalized spacial score (nSPS) is 29.9. The van der Waals surface area contributed by atoms with E-state index in [0.717, 1.165) is 28.4 Å². The molecular formula is C20H26O10. The molecule has 0 spiro atoms. The Bertz CT molecular complexity index is 784. The molecule has 2 aliphatic carbocycles. The lowest BCUT2D eigenvalue weighted by molar-refractivity contribution is -0.157. The molecule has 10 nitrogen and oxygen atoms in total. The summed E-state index contributed by atoms with van der Waals surface area (Å²) in [7, 11) is 7.18. The number of ether oxygens (including phenoxy) is 6. The zero-order valence-electron chi connectivity index (χ0n) is 18.2. The summed E-state index contributed by atoms with van der Waals surface area (Å²) in [6.45, 7) is 3.11. The van der Waals surface area contributed by atoms with Gasteiger partial charge in [0.25, 0.3) is 0 Å². The standard InChI is InChI=1S/C20H26O10/c1-19-9(15(21)27-5)13(25-3)11(17(23)29-7)20(19,2)12(18(24)30-8)14(26-4)10(19)16(22)28-6/h9,12H,1-8H3. The maximum atomic E-state index is 12.9. The summed E-state index contributed by atoms with van der Waals surface area (Å²) in [5.41, 5.74) is -3.22. The average Bonchev–Trinajstić information content (AvgIpc) is 3.07. The van der Waals surface area contributed by atoms with E-state index in [1.54, 1.807) is 13.8 Å². The molecule has 0 aromatic heterocycles. The van der Waals surface area contributed by atoms with Gasteiger partial charge in [0.05, 0.1) is 53.8 Å². The highest BCUT2D eigenvalue weighted by atomic mass is 16.5. The predicted octanol–water partition coefficient (Wildman–Crippen LogP) is 0.752. The molecule has 4 unspecified atom stereocenters. The van der Waals surface area contributed by atoms with Gasteiger partial charge in [-0.25, -0.2) is 9.59 Å². The van der Waals surface area contributed by atoms with Crippen molar-refractivity contribution in [2.45, 2.75) is 13.8 Å². The van der Waals surface area contributed by atoms with Crippen LogP contribution < -0.4 is 0 Å². The Balaban J connectivity index is 3.07.